The van der Waals surface area contributed by atoms with E-state index in [0.717, 1.165) is 0 Å². The number of carbonyl (C=O) groups excluding carboxylic acids is 1. The summed E-state index contributed by atoms with van der Waals surface area (Å²) in [5.74, 6) is 0.376. The molecule has 0 saturated carbocycles. The average Bonchev–Trinajstić information content (AvgIpc) is 2.73. The van der Waals surface area contributed by atoms with E-state index in [-0.39, 0.29) is 36.1 Å². The third-order valence-electron chi connectivity index (χ3n) is 4.00. The van der Waals surface area contributed by atoms with Gasteiger partial charge in [0.1, 0.15) is 0 Å². The van der Waals surface area contributed by atoms with E-state index < -0.39 is 0 Å². The Balaban J connectivity index is 2.04. The first-order valence-electron chi connectivity index (χ1n) is 6.13. The summed E-state index contributed by atoms with van der Waals surface area (Å²) in [6.45, 7) is 7.24. The van der Waals surface area contributed by atoms with Crippen LogP contribution in [0.25, 0.3) is 0 Å². The predicted molar refractivity (Wildman–Crippen MR) is 59.9 cm³/mol. The fourth-order valence-corrected chi connectivity index (χ4v) is 2.85. The van der Waals surface area contributed by atoms with Gasteiger partial charge in [0.25, 0.3) is 0 Å². The number of hydrogen-bond acceptors (Lipinski definition) is 3. The van der Waals surface area contributed by atoms with Crippen molar-refractivity contribution in [3.05, 3.63) is 0 Å². The second-order valence-corrected chi connectivity index (χ2v) is 5.16. The number of likely N-dealkylation sites (tertiary alicyclic amines) is 1. The molecule has 2 aliphatic heterocycles. The third kappa shape index (κ3) is 1.96. The first kappa shape index (κ1) is 11.9. The van der Waals surface area contributed by atoms with Gasteiger partial charge in [0.05, 0.1) is 24.2 Å². The molecule has 2 aliphatic rings. The van der Waals surface area contributed by atoms with Crippen molar-refractivity contribution < 1.29 is 14.6 Å². The largest absolute Gasteiger partial charge is 0.391 e. The number of rotatable bonds is 1. The highest BCUT2D eigenvalue weighted by Gasteiger charge is 2.44. The highest BCUT2D eigenvalue weighted by atomic mass is 16.5. The number of aliphatic hydroxyl groups excluding tert-OH is 1. The maximum atomic E-state index is 12.3. The molecule has 4 heteroatoms. The summed E-state index contributed by atoms with van der Waals surface area (Å²) in [6, 6.07) is 0. The lowest BCUT2D eigenvalue weighted by molar-refractivity contribution is -0.137. The van der Waals surface area contributed by atoms with Gasteiger partial charge in [-0.15, -0.1) is 0 Å². The quantitative estimate of drug-likeness (QED) is 0.715. The van der Waals surface area contributed by atoms with Gasteiger partial charge in [-0.1, -0.05) is 6.92 Å². The van der Waals surface area contributed by atoms with Crippen molar-refractivity contribution in [1.29, 1.82) is 0 Å². The molecule has 4 nitrogen and oxygen atoms in total. The molecule has 5 atom stereocenters. The SMILES string of the molecule is CC1OC(C)C(C(=O)N2CCC(O)C2)C1C. The van der Waals surface area contributed by atoms with Crippen LogP contribution >= 0.6 is 0 Å². The van der Waals surface area contributed by atoms with Gasteiger partial charge in [-0.3, -0.25) is 4.79 Å². The first-order valence-corrected chi connectivity index (χ1v) is 6.13. The van der Waals surface area contributed by atoms with Crippen LogP contribution in [0.1, 0.15) is 27.2 Å². The maximum Gasteiger partial charge on any atom is 0.228 e. The van der Waals surface area contributed by atoms with E-state index in [1.54, 1.807) is 4.90 Å². The minimum absolute atomic E-state index is 0.00440. The van der Waals surface area contributed by atoms with E-state index >= 15 is 0 Å². The molecule has 0 aromatic rings. The van der Waals surface area contributed by atoms with Gasteiger partial charge in [0.2, 0.25) is 5.91 Å². The van der Waals surface area contributed by atoms with E-state index in [1.165, 1.54) is 0 Å². The van der Waals surface area contributed by atoms with E-state index in [4.69, 9.17) is 4.74 Å². The molecule has 0 aromatic carbocycles. The highest BCUT2D eigenvalue weighted by molar-refractivity contribution is 5.80. The Kier molecular flexibility index (Phi) is 3.22. The Morgan fingerprint density at radius 3 is 2.44 bits per heavy atom. The predicted octanol–water partition coefficient (Wildman–Crippen LogP) is 0.639. The number of nitrogens with zero attached hydrogens (tertiary/aromatic N) is 1. The Bertz CT molecular complexity index is 281. The van der Waals surface area contributed by atoms with Gasteiger partial charge in [0, 0.05) is 13.1 Å². The molecule has 0 aliphatic carbocycles. The fourth-order valence-electron chi connectivity index (χ4n) is 2.85. The lowest BCUT2D eigenvalue weighted by Gasteiger charge is -2.24. The molecule has 0 aromatic heterocycles. The van der Waals surface area contributed by atoms with Gasteiger partial charge >= 0.3 is 0 Å². The molecule has 5 unspecified atom stereocenters. The molecule has 1 amide bonds. The molecule has 1 N–H and O–H groups in total. The van der Waals surface area contributed by atoms with Crippen molar-refractivity contribution in [3.8, 4) is 0 Å². The van der Waals surface area contributed by atoms with Gasteiger partial charge in [0.15, 0.2) is 0 Å². The molecular weight excluding hydrogens is 206 g/mol. The number of aliphatic hydroxyl groups is 1. The number of carbonyl (C=O) groups is 1. The molecule has 2 fully saturated rings. The molecule has 0 radical (unpaired) electrons. The molecule has 92 valence electrons. The fraction of sp³-hybridized carbons (Fsp3) is 0.917. The minimum Gasteiger partial charge on any atom is -0.391 e. The highest BCUT2D eigenvalue weighted by Crippen LogP contribution is 2.34. The summed E-state index contributed by atoms with van der Waals surface area (Å²) in [7, 11) is 0. The lowest BCUT2D eigenvalue weighted by Crippen LogP contribution is -2.40. The van der Waals surface area contributed by atoms with Crippen molar-refractivity contribution in [2.24, 2.45) is 11.8 Å². The Hall–Kier alpha value is -0.610. The molecule has 2 saturated heterocycles. The van der Waals surface area contributed by atoms with Crippen molar-refractivity contribution in [3.63, 3.8) is 0 Å². The summed E-state index contributed by atoms with van der Waals surface area (Å²) in [5.41, 5.74) is 0. The topological polar surface area (TPSA) is 49.8 Å². The number of amides is 1. The van der Waals surface area contributed by atoms with Gasteiger partial charge in [-0.2, -0.15) is 0 Å². The first-order chi connectivity index (χ1) is 7.50. The van der Waals surface area contributed by atoms with E-state index in [9.17, 15) is 9.90 Å². The van der Waals surface area contributed by atoms with Crippen LogP contribution in [0, 0.1) is 11.8 Å². The molecule has 0 spiro atoms. The van der Waals surface area contributed by atoms with Crippen LogP contribution < -0.4 is 0 Å². The van der Waals surface area contributed by atoms with E-state index in [0.29, 0.717) is 19.5 Å². The van der Waals surface area contributed by atoms with Crippen molar-refractivity contribution >= 4 is 5.91 Å². The second-order valence-electron chi connectivity index (χ2n) is 5.16. The normalized spacial score (nSPS) is 44.0. The van der Waals surface area contributed by atoms with E-state index in [2.05, 4.69) is 6.92 Å². The summed E-state index contributed by atoms with van der Waals surface area (Å²) < 4.78 is 5.68. The maximum absolute atomic E-state index is 12.3. The lowest BCUT2D eigenvalue weighted by atomic mass is 9.88. The molecule has 2 rings (SSSR count). The summed E-state index contributed by atoms with van der Waals surface area (Å²) in [4.78, 5) is 14.1. The minimum atomic E-state index is -0.339. The van der Waals surface area contributed by atoms with Crippen LogP contribution in [0.2, 0.25) is 0 Å². The van der Waals surface area contributed by atoms with Crippen molar-refractivity contribution in [2.45, 2.75) is 45.5 Å². The average molecular weight is 227 g/mol. The number of ether oxygens (including phenoxy) is 1. The van der Waals surface area contributed by atoms with Gasteiger partial charge < -0.3 is 14.7 Å². The van der Waals surface area contributed by atoms with Crippen molar-refractivity contribution in [2.75, 3.05) is 13.1 Å². The zero-order valence-electron chi connectivity index (χ0n) is 10.2. The van der Waals surface area contributed by atoms with Crippen LogP contribution in [0.5, 0.6) is 0 Å². The van der Waals surface area contributed by atoms with Crippen molar-refractivity contribution in [1.82, 2.24) is 4.90 Å². The summed E-state index contributed by atoms with van der Waals surface area (Å²) in [5, 5.41) is 9.45. The Morgan fingerprint density at radius 1 is 1.31 bits per heavy atom. The Morgan fingerprint density at radius 2 is 2.00 bits per heavy atom. The summed E-state index contributed by atoms with van der Waals surface area (Å²) in [6.07, 6.45) is 0.512. The number of β-amino-alcohol motifs (C(OH)–C–C–N with tert-alkyl or cyclic N) is 1. The molecule has 0 bridgehead atoms. The smallest absolute Gasteiger partial charge is 0.228 e. The standard InChI is InChI=1S/C12H21NO3/c1-7-8(2)16-9(3)11(7)12(15)13-5-4-10(14)6-13/h7-11,14H,4-6H2,1-3H3. The zero-order chi connectivity index (χ0) is 11.9. The zero-order valence-corrected chi connectivity index (χ0v) is 10.2. The van der Waals surface area contributed by atoms with Crippen LogP contribution in [0.15, 0.2) is 0 Å². The number of hydrogen-bond donors (Lipinski definition) is 1. The van der Waals surface area contributed by atoms with Gasteiger partial charge in [-0.05, 0) is 26.2 Å². The Labute approximate surface area is 96.6 Å². The third-order valence-corrected chi connectivity index (χ3v) is 4.00. The molecule has 16 heavy (non-hydrogen) atoms. The monoisotopic (exact) mass is 227 g/mol. The second kappa shape index (κ2) is 4.34. The van der Waals surface area contributed by atoms with E-state index in [1.807, 2.05) is 13.8 Å². The van der Waals surface area contributed by atoms with Crippen LogP contribution in [0.4, 0.5) is 0 Å². The van der Waals surface area contributed by atoms with Crippen LogP contribution in [0.3, 0.4) is 0 Å². The molecule has 2 heterocycles. The molecular formula is C12H21NO3. The van der Waals surface area contributed by atoms with Crippen LogP contribution in [-0.4, -0.2) is 47.3 Å². The summed E-state index contributed by atoms with van der Waals surface area (Å²) >= 11 is 0. The van der Waals surface area contributed by atoms with Crippen LogP contribution in [-0.2, 0) is 9.53 Å². The van der Waals surface area contributed by atoms with Gasteiger partial charge in [-0.25, -0.2) is 0 Å².